The van der Waals surface area contributed by atoms with Crippen molar-refractivity contribution in [1.82, 2.24) is 25.3 Å². The molecule has 2 aromatic heterocycles. The first-order valence-electron chi connectivity index (χ1n) is 9.45. The minimum Gasteiger partial charge on any atom is -0.454 e. The quantitative estimate of drug-likeness (QED) is 0.247. The van der Waals surface area contributed by atoms with Crippen LogP contribution in [0.5, 0.6) is 11.5 Å². The van der Waals surface area contributed by atoms with E-state index in [-0.39, 0.29) is 41.8 Å². The summed E-state index contributed by atoms with van der Waals surface area (Å²) in [5.41, 5.74) is 9.51. The summed E-state index contributed by atoms with van der Waals surface area (Å²) in [7, 11) is 0. The number of para-hydroxylation sites is 2. The molecule has 3 heterocycles. The number of nitrogens with two attached hydrogens (primary N) is 1. The summed E-state index contributed by atoms with van der Waals surface area (Å²) in [5, 5.41) is 22.5. The fraction of sp³-hybridized carbons (Fsp3) is 0.105. The highest BCUT2D eigenvalue weighted by Gasteiger charge is 2.23. The monoisotopic (exact) mass is 450 g/mol. The predicted molar refractivity (Wildman–Crippen MR) is 112 cm³/mol. The lowest BCUT2D eigenvalue weighted by Crippen LogP contribution is -2.23. The zero-order valence-corrected chi connectivity index (χ0v) is 16.7. The van der Waals surface area contributed by atoms with Gasteiger partial charge in [0.15, 0.2) is 28.8 Å². The molecule has 5 rings (SSSR count). The lowest BCUT2D eigenvalue weighted by Gasteiger charge is -2.06. The Labute approximate surface area is 183 Å². The lowest BCUT2D eigenvalue weighted by molar-refractivity contribution is -0.385. The van der Waals surface area contributed by atoms with Crippen molar-refractivity contribution in [3.05, 3.63) is 52.1 Å². The lowest BCUT2D eigenvalue weighted by atomic mass is 10.1. The molecular formula is C19H14N8O6. The Morgan fingerprint density at radius 3 is 2.82 bits per heavy atom. The summed E-state index contributed by atoms with van der Waals surface area (Å²) < 4.78 is 16.6. The van der Waals surface area contributed by atoms with Crippen molar-refractivity contribution >= 4 is 34.7 Å². The third-order valence-corrected chi connectivity index (χ3v) is 4.79. The maximum absolute atomic E-state index is 12.6. The highest BCUT2D eigenvalue weighted by Crippen LogP contribution is 2.37. The second-order valence-corrected chi connectivity index (χ2v) is 6.82. The molecule has 1 aliphatic heterocycles. The zero-order chi connectivity index (χ0) is 22.9. The van der Waals surface area contributed by atoms with Crippen molar-refractivity contribution in [1.29, 1.82) is 0 Å². The minimum atomic E-state index is -0.578. The molecule has 3 N–H and O–H groups in total. The number of anilines is 1. The van der Waals surface area contributed by atoms with Gasteiger partial charge in [0, 0.05) is 0 Å². The van der Waals surface area contributed by atoms with Crippen LogP contribution in [-0.4, -0.2) is 43.7 Å². The largest absolute Gasteiger partial charge is 0.454 e. The number of ether oxygens (including phenoxy) is 2. The maximum atomic E-state index is 12.6. The van der Waals surface area contributed by atoms with Gasteiger partial charge in [0.25, 0.3) is 11.6 Å². The highest BCUT2D eigenvalue weighted by molar-refractivity contribution is 5.89. The Bertz CT molecular complexity index is 1430. The smallest absolute Gasteiger partial charge is 0.282 e. The van der Waals surface area contributed by atoms with Crippen molar-refractivity contribution in [3.63, 3.8) is 0 Å². The van der Waals surface area contributed by atoms with Gasteiger partial charge in [0.05, 0.1) is 33.8 Å². The number of amides is 1. The van der Waals surface area contributed by atoms with Crippen molar-refractivity contribution in [2.45, 2.75) is 6.54 Å². The van der Waals surface area contributed by atoms with Gasteiger partial charge in [0.1, 0.15) is 6.54 Å². The number of nitrogen functional groups attached to an aromatic ring is 1. The van der Waals surface area contributed by atoms with Crippen LogP contribution in [0.1, 0.15) is 5.56 Å². The van der Waals surface area contributed by atoms with Crippen molar-refractivity contribution in [3.8, 4) is 23.0 Å². The van der Waals surface area contributed by atoms with Crippen LogP contribution in [0.4, 0.5) is 11.5 Å². The molecule has 0 atom stereocenters. The molecule has 0 fully saturated rings. The number of imidazole rings is 1. The Morgan fingerprint density at radius 2 is 2.06 bits per heavy atom. The third-order valence-electron chi connectivity index (χ3n) is 4.79. The average molecular weight is 450 g/mol. The fourth-order valence-electron chi connectivity index (χ4n) is 3.33. The van der Waals surface area contributed by atoms with Gasteiger partial charge in [-0.25, -0.2) is 15.0 Å². The van der Waals surface area contributed by atoms with E-state index in [9.17, 15) is 14.9 Å². The predicted octanol–water partition coefficient (Wildman–Crippen LogP) is 1.46. The first kappa shape index (κ1) is 19.9. The van der Waals surface area contributed by atoms with Gasteiger partial charge in [-0.3, -0.25) is 14.9 Å². The van der Waals surface area contributed by atoms with Crippen LogP contribution >= 0.6 is 0 Å². The SMILES string of the molecule is Nc1nonc1-c1nc2ccccc2n1CC(=O)NN=Cc1cc2c(cc1[N+](=O)[O-])OCO2. The Morgan fingerprint density at radius 1 is 1.27 bits per heavy atom. The number of hydrazone groups is 1. The molecule has 0 radical (unpaired) electrons. The summed E-state index contributed by atoms with van der Waals surface area (Å²) >= 11 is 0. The van der Waals surface area contributed by atoms with E-state index < -0.39 is 10.8 Å². The van der Waals surface area contributed by atoms with E-state index in [0.29, 0.717) is 22.6 Å². The van der Waals surface area contributed by atoms with Crippen LogP contribution in [-0.2, 0) is 11.3 Å². The van der Waals surface area contributed by atoms with E-state index in [1.165, 1.54) is 12.1 Å². The summed E-state index contributed by atoms with van der Waals surface area (Å²) in [4.78, 5) is 27.9. The molecule has 0 spiro atoms. The molecule has 14 heteroatoms. The number of nitrogens with one attached hydrogen (secondary N) is 1. The Balaban J connectivity index is 1.39. The average Bonchev–Trinajstić information content (AvgIpc) is 3.51. The third kappa shape index (κ3) is 3.65. The molecule has 0 unspecified atom stereocenters. The fourth-order valence-corrected chi connectivity index (χ4v) is 3.33. The molecule has 0 aliphatic carbocycles. The van der Waals surface area contributed by atoms with Crippen LogP contribution in [0.2, 0.25) is 0 Å². The number of nitrogens with zero attached hydrogens (tertiary/aromatic N) is 6. The molecular weight excluding hydrogens is 436 g/mol. The van der Waals surface area contributed by atoms with E-state index in [4.69, 9.17) is 15.2 Å². The van der Waals surface area contributed by atoms with Crippen LogP contribution in [0.25, 0.3) is 22.6 Å². The molecule has 33 heavy (non-hydrogen) atoms. The summed E-state index contributed by atoms with van der Waals surface area (Å²) in [6.07, 6.45) is 1.16. The van der Waals surface area contributed by atoms with Crippen molar-refractivity contribution < 1.29 is 23.8 Å². The Hall–Kier alpha value is -5.01. The van der Waals surface area contributed by atoms with Gasteiger partial charge in [-0.15, -0.1) is 0 Å². The number of hydrogen-bond acceptors (Lipinski definition) is 11. The summed E-state index contributed by atoms with van der Waals surface area (Å²) in [5.74, 6) is 0.417. The van der Waals surface area contributed by atoms with Crippen molar-refractivity contribution in [2.75, 3.05) is 12.5 Å². The molecule has 14 nitrogen and oxygen atoms in total. The number of aromatic nitrogens is 4. The molecule has 1 amide bonds. The van der Waals surface area contributed by atoms with Crippen LogP contribution in [0.3, 0.4) is 0 Å². The van der Waals surface area contributed by atoms with Gasteiger partial charge in [-0.1, -0.05) is 12.1 Å². The molecule has 0 saturated carbocycles. The van der Waals surface area contributed by atoms with Gasteiger partial charge >= 0.3 is 0 Å². The van der Waals surface area contributed by atoms with E-state index in [2.05, 4.69) is 30.5 Å². The van der Waals surface area contributed by atoms with Crippen LogP contribution in [0, 0.1) is 10.1 Å². The summed E-state index contributed by atoms with van der Waals surface area (Å²) in [6, 6.07) is 9.81. The Kier molecular flexibility index (Phi) is 4.78. The molecule has 166 valence electrons. The molecule has 1 aliphatic rings. The number of hydrogen-bond donors (Lipinski definition) is 2. The van der Waals surface area contributed by atoms with Gasteiger partial charge in [-0.05, 0) is 28.5 Å². The normalized spacial score (nSPS) is 12.5. The molecule has 4 aromatic rings. The zero-order valence-electron chi connectivity index (χ0n) is 16.7. The number of fused-ring (bicyclic) bond motifs is 2. The highest BCUT2D eigenvalue weighted by atomic mass is 16.7. The number of nitro benzene ring substituents is 1. The molecule has 0 saturated heterocycles. The molecule has 0 bridgehead atoms. The second-order valence-electron chi connectivity index (χ2n) is 6.82. The van der Waals surface area contributed by atoms with Crippen LogP contribution < -0.4 is 20.6 Å². The topological polar surface area (TPSA) is 186 Å². The number of carbonyl (C=O) groups is 1. The van der Waals surface area contributed by atoms with E-state index in [0.717, 1.165) is 6.21 Å². The van der Waals surface area contributed by atoms with Gasteiger partial charge in [0.2, 0.25) is 6.79 Å². The number of rotatable bonds is 6. The number of nitro groups is 1. The van der Waals surface area contributed by atoms with Crippen molar-refractivity contribution in [2.24, 2.45) is 5.10 Å². The standard InChI is InChI=1S/C19H14N8O6/c20-18-17(24-33-25-18)19-22-11-3-1-2-4-12(11)26(19)8-16(28)23-21-7-10-5-14-15(32-9-31-14)6-13(10)27(29)30/h1-7H,8-9H2,(H2,20,25)(H,23,28). The van der Waals surface area contributed by atoms with Crippen LogP contribution in [0.15, 0.2) is 46.1 Å². The first-order chi connectivity index (χ1) is 16.0. The van der Waals surface area contributed by atoms with Gasteiger partial charge < -0.3 is 19.8 Å². The number of benzene rings is 2. The summed E-state index contributed by atoms with van der Waals surface area (Å²) in [6.45, 7) is -0.223. The first-order valence-corrected chi connectivity index (χ1v) is 9.45. The maximum Gasteiger partial charge on any atom is 0.282 e. The van der Waals surface area contributed by atoms with E-state index in [1.807, 2.05) is 0 Å². The molecule has 2 aromatic carbocycles. The second kappa shape index (κ2) is 7.92. The minimum absolute atomic E-state index is 0.0279. The van der Waals surface area contributed by atoms with Gasteiger partial charge in [-0.2, -0.15) is 5.10 Å². The van der Waals surface area contributed by atoms with E-state index in [1.54, 1.807) is 28.8 Å². The van der Waals surface area contributed by atoms with E-state index >= 15 is 0 Å². The number of carbonyl (C=O) groups excluding carboxylic acids is 1.